The van der Waals surface area contributed by atoms with Crippen molar-refractivity contribution in [1.29, 1.82) is 0 Å². The molecule has 0 spiro atoms. The average molecular weight is 271 g/mol. The van der Waals surface area contributed by atoms with E-state index >= 15 is 0 Å². The molecule has 2 aliphatic carbocycles. The molecule has 0 aromatic heterocycles. The zero-order valence-corrected chi connectivity index (χ0v) is 12.1. The lowest BCUT2D eigenvalue weighted by molar-refractivity contribution is -0.126. The molecule has 0 aromatic carbocycles. The van der Waals surface area contributed by atoms with Gasteiger partial charge in [-0.1, -0.05) is 19.3 Å². The molecule has 2 unspecified atom stereocenters. The highest BCUT2D eigenvalue weighted by Crippen LogP contribution is 2.32. The molecule has 2 rings (SSSR count). The topological polar surface area (TPSA) is 49.3 Å². The maximum absolute atomic E-state index is 12.0. The molecule has 3 nitrogen and oxygen atoms in total. The van der Waals surface area contributed by atoms with Crippen LogP contribution in [0.2, 0.25) is 0 Å². The molecule has 2 N–H and O–H groups in total. The molecule has 0 aromatic rings. The van der Waals surface area contributed by atoms with Crippen molar-refractivity contribution >= 4 is 17.7 Å². The van der Waals surface area contributed by atoms with E-state index in [1.54, 1.807) is 0 Å². The zero-order chi connectivity index (χ0) is 13.0. The summed E-state index contributed by atoms with van der Waals surface area (Å²) < 4.78 is 0. The van der Waals surface area contributed by atoms with Crippen molar-refractivity contribution in [2.45, 2.75) is 74.7 Å². The van der Waals surface area contributed by atoms with E-state index in [0.29, 0.717) is 17.7 Å². The predicted molar refractivity (Wildman–Crippen MR) is 75.7 cm³/mol. The van der Waals surface area contributed by atoms with Crippen LogP contribution in [0.25, 0.3) is 0 Å². The Bertz CT molecular complexity index is 290. The summed E-state index contributed by atoms with van der Waals surface area (Å²) in [5.41, 5.74) is -0.711. The second kappa shape index (κ2) is 6.29. The number of rotatable bonds is 4. The number of amides is 1. The van der Waals surface area contributed by atoms with Gasteiger partial charge in [-0.2, -0.15) is 11.8 Å². The molecule has 2 atom stereocenters. The first kappa shape index (κ1) is 14.2. The Morgan fingerprint density at radius 1 is 1.33 bits per heavy atom. The lowest BCUT2D eigenvalue weighted by Crippen LogP contribution is -2.42. The van der Waals surface area contributed by atoms with Gasteiger partial charge in [0, 0.05) is 11.3 Å². The van der Waals surface area contributed by atoms with Gasteiger partial charge < -0.3 is 10.4 Å². The summed E-state index contributed by atoms with van der Waals surface area (Å²) in [5.74, 6) is 0.0474. The second-order valence-electron chi connectivity index (χ2n) is 5.90. The van der Waals surface area contributed by atoms with Gasteiger partial charge in [0.15, 0.2) is 0 Å². The Hall–Kier alpha value is -0.220. The fraction of sp³-hybridized carbons (Fsp3) is 0.929. The fourth-order valence-corrected chi connectivity index (χ4v) is 4.10. The quantitative estimate of drug-likeness (QED) is 0.826. The van der Waals surface area contributed by atoms with Crippen molar-refractivity contribution in [2.75, 3.05) is 6.26 Å². The van der Waals surface area contributed by atoms with Crippen molar-refractivity contribution < 1.29 is 9.90 Å². The van der Waals surface area contributed by atoms with E-state index in [0.717, 1.165) is 38.5 Å². The molecule has 0 heterocycles. The Kier molecular flexibility index (Phi) is 4.96. The van der Waals surface area contributed by atoms with E-state index in [-0.39, 0.29) is 5.91 Å². The number of nitrogens with one attached hydrogen (secondary N) is 1. The molecule has 0 bridgehead atoms. The largest absolute Gasteiger partial charge is 0.389 e. The third kappa shape index (κ3) is 3.89. The summed E-state index contributed by atoms with van der Waals surface area (Å²) in [6, 6.07) is 0.328. The predicted octanol–water partition coefficient (Wildman–Crippen LogP) is 2.47. The smallest absolute Gasteiger partial charge is 0.223 e. The Morgan fingerprint density at radius 3 is 2.72 bits per heavy atom. The number of thioether (sulfide) groups is 1. The minimum absolute atomic E-state index is 0.0474. The molecule has 2 fully saturated rings. The zero-order valence-electron chi connectivity index (χ0n) is 11.3. The summed E-state index contributed by atoms with van der Waals surface area (Å²) in [6.45, 7) is 0. The van der Waals surface area contributed by atoms with Gasteiger partial charge in [0.1, 0.15) is 0 Å². The van der Waals surface area contributed by atoms with Gasteiger partial charge in [0.2, 0.25) is 5.91 Å². The van der Waals surface area contributed by atoms with Crippen LogP contribution in [0.4, 0.5) is 0 Å². The number of carbonyl (C=O) groups excluding carboxylic acids is 1. The molecule has 18 heavy (non-hydrogen) atoms. The van der Waals surface area contributed by atoms with Gasteiger partial charge in [-0.25, -0.2) is 0 Å². The summed E-state index contributed by atoms with van der Waals surface area (Å²) >= 11 is 1.91. The van der Waals surface area contributed by atoms with Crippen molar-refractivity contribution in [1.82, 2.24) is 5.32 Å². The van der Waals surface area contributed by atoms with Gasteiger partial charge >= 0.3 is 0 Å². The van der Waals surface area contributed by atoms with Gasteiger partial charge in [0.05, 0.1) is 12.0 Å². The average Bonchev–Trinajstić information content (AvgIpc) is 2.75. The SMILES string of the molecule is CSC1CCCC(NC(=O)CC2(O)CCCC2)C1. The van der Waals surface area contributed by atoms with Crippen molar-refractivity contribution in [3.63, 3.8) is 0 Å². The van der Waals surface area contributed by atoms with E-state index in [1.165, 1.54) is 12.8 Å². The molecule has 2 aliphatic rings. The molecule has 4 heteroatoms. The molecule has 0 aliphatic heterocycles. The fourth-order valence-electron chi connectivity index (χ4n) is 3.28. The standard InChI is InChI=1S/C14H25NO2S/c1-18-12-6-4-5-11(9-12)15-13(16)10-14(17)7-2-3-8-14/h11-12,17H,2-10H2,1H3,(H,15,16). The molecule has 2 saturated carbocycles. The maximum Gasteiger partial charge on any atom is 0.223 e. The molecule has 0 radical (unpaired) electrons. The van der Waals surface area contributed by atoms with Crippen LogP contribution in [0.3, 0.4) is 0 Å². The molecular formula is C14H25NO2S. The van der Waals surface area contributed by atoms with Gasteiger partial charge in [-0.05, 0) is 38.4 Å². The maximum atomic E-state index is 12.0. The number of hydrogen-bond acceptors (Lipinski definition) is 3. The Balaban J connectivity index is 1.76. The van der Waals surface area contributed by atoms with E-state index < -0.39 is 5.60 Å². The van der Waals surface area contributed by atoms with Crippen molar-refractivity contribution in [3.05, 3.63) is 0 Å². The second-order valence-corrected chi connectivity index (χ2v) is 7.04. The third-order valence-corrected chi connectivity index (χ3v) is 5.44. The summed E-state index contributed by atoms with van der Waals surface area (Å²) in [4.78, 5) is 12.0. The van der Waals surface area contributed by atoms with Crippen LogP contribution < -0.4 is 5.32 Å². The number of hydrogen-bond donors (Lipinski definition) is 2. The highest BCUT2D eigenvalue weighted by molar-refractivity contribution is 7.99. The first-order chi connectivity index (χ1) is 8.61. The van der Waals surface area contributed by atoms with Crippen LogP contribution in [0.1, 0.15) is 57.8 Å². The first-order valence-corrected chi connectivity index (χ1v) is 8.45. The van der Waals surface area contributed by atoms with Gasteiger partial charge in [-0.15, -0.1) is 0 Å². The Labute approximate surface area is 114 Å². The van der Waals surface area contributed by atoms with Crippen LogP contribution in [0, 0.1) is 0 Å². The van der Waals surface area contributed by atoms with E-state index in [2.05, 4.69) is 11.6 Å². The monoisotopic (exact) mass is 271 g/mol. The molecular weight excluding hydrogens is 246 g/mol. The lowest BCUT2D eigenvalue weighted by Gasteiger charge is -2.30. The number of aliphatic hydroxyl groups is 1. The van der Waals surface area contributed by atoms with E-state index in [4.69, 9.17) is 0 Å². The molecule has 0 saturated heterocycles. The van der Waals surface area contributed by atoms with Gasteiger partial charge in [-0.3, -0.25) is 4.79 Å². The minimum Gasteiger partial charge on any atom is -0.389 e. The normalized spacial score (nSPS) is 31.2. The highest BCUT2D eigenvalue weighted by atomic mass is 32.2. The Morgan fingerprint density at radius 2 is 2.06 bits per heavy atom. The third-order valence-electron chi connectivity index (χ3n) is 4.35. The van der Waals surface area contributed by atoms with Gasteiger partial charge in [0.25, 0.3) is 0 Å². The first-order valence-electron chi connectivity index (χ1n) is 7.16. The van der Waals surface area contributed by atoms with Crippen LogP contribution in [0.15, 0.2) is 0 Å². The van der Waals surface area contributed by atoms with E-state index in [9.17, 15) is 9.90 Å². The highest BCUT2D eigenvalue weighted by Gasteiger charge is 2.34. The van der Waals surface area contributed by atoms with Crippen LogP contribution >= 0.6 is 11.8 Å². The summed E-state index contributed by atoms with van der Waals surface area (Å²) in [6.07, 6.45) is 10.8. The van der Waals surface area contributed by atoms with Crippen LogP contribution in [-0.4, -0.2) is 34.2 Å². The summed E-state index contributed by atoms with van der Waals surface area (Å²) in [7, 11) is 0. The molecule has 1 amide bonds. The van der Waals surface area contributed by atoms with Crippen LogP contribution in [0.5, 0.6) is 0 Å². The van der Waals surface area contributed by atoms with E-state index in [1.807, 2.05) is 11.8 Å². The lowest BCUT2D eigenvalue weighted by atomic mass is 9.93. The summed E-state index contributed by atoms with van der Waals surface area (Å²) in [5, 5.41) is 14.0. The number of carbonyl (C=O) groups is 1. The van der Waals surface area contributed by atoms with Crippen molar-refractivity contribution in [3.8, 4) is 0 Å². The van der Waals surface area contributed by atoms with Crippen LogP contribution in [-0.2, 0) is 4.79 Å². The minimum atomic E-state index is -0.711. The molecule has 104 valence electrons. The van der Waals surface area contributed by atoms with Crippen molar-refractivity contribution in [2.24, 2.45) is 0 Å².